The Kier molecular flexibility index (Phi) is 4.92. The molecule has 3 nitrogen and oxygen atoms in total. The molecule has 0 radical (unpaired) electrons. The van der Waals surface area contributed by atoms with Crippen LogP contribution in [-0.2, 0) is 13.1 Å². The fraction of sp³-hybridized carbons (Fsp3) is 0.765. The molecule has 0 unspecified atom stereocenters. The highest BCUT2D eigenvalue weighted by Gasteiger charge is 2.33. The van der Waals surface area contributed by atoms with Crippen molar-refractivity contribution in [3.63, 3.8) is 0 Å². The summed E-state index contributed by atoms with van der Waals surface area (Å²) in [5.74, 6) is 0.807. The number of aryl methyl sites for hydroxylation is 1. The van der Waals surface area contributed by atoms with Crippen LogP contribution in [0, 0.1) is 19.8 Å². The van der Waals surface area contributed by atoms with Gasteiger partial charge in [0.15, 0.2) is 0 Å². The molecule has 1 fully saturated rings. The van der Waals surface area contributed by atoms with E-state index in [1.165, 1.54) is 29.8 Å². The summed E-state index contributed by atoms with van der Waals surface area (Å²) < 4.78 is 2.35. The lowest BCUT2D eigenvalue weighted by molar-refractivity contribution is 0.104. The summed E-state index contributed by atoms with van der Waals surface area (Å²) in [6.45, 7) is 11.0. The smallest absolute Gasteiger partial charge is 0.0613 e. The SMILES string of the molecule is CCn1c(C)cc(CNC2(CO)CCC(C)CC2)c1C. The molecule has 0 aliphatic heterocycles. The van der Waals surface area contributed by atoms with E-state index in [1.54, 1.807) is 0 Å². The average Bonchev–Trinajstić information content (AvgIpc) is 2.73. The van der Waals surface area contributed by atoms with Crippen molar-refractivity contribution in [3.8, 4) is 0 Å². The topological polar surface area (TPSA) is 37.2 Å². The summed E-state index contributed by atoms with van der Waals surface area (Å²) in [5, 5.41) is 13.5. The van der Waals surface area contributed by atoms with Crippen molar-refractivity contribution in [2.24, 2.45) is 5.92 Å². The van der Waals surface area contributed by atoms with Gasteiger partial charge >= 0.3 is 0 Å². The molecule has 2 rings (SSSR count). The number of nitrogens with one attached hydrogen (secondary N) is 1. The fourth-order valence-corrected chi connectivity index (χ4v) is 3.53. The van der Waals surface area contributed by atoms with Crippen LogP contribution in [0.25, 0.3) is 0 Å². The molecule has 0 aromatic carbocycles. The number of hydrogen-bond acceptors (Lipinski definition) is 2. The number of rotatable bonds is 5. The molecular weight excluding hydrogens is 248 g/mol. The molecule has 1 aromatic rings. The molecule has 0 bridgehead atoms. The zero-order valence-corrected chi connectivity index (χ0v) is 13.5. The Morgan fingerprint density at radius 1 is 1.35 bits per heavy atom. The summed E-state index contributed by atoms with van der Waals surface area (Å²) in [5.41, 5.74) is 4.00. The third-order valence-electron chi connectivity index (χ3n) is 5.18. The summed E-state index contributed by atoms with van der Waals surface area (Å²) in [7, 11) is 0. The second-order valence-corrected chi connectivity index (χ2v) is 6.62. The maximum Gasteiger partial charge on any atom is 0.0613 e. The van der Waals surface area contributed by atoms with Gasteiger partial charge in [0.25, 0.3) is 0 Å². The minimum atomic E-state index is -0.0544. The monoisotopic (exact) mass is 278 g/mol. The zero-order chi connectivity index (χ0) is 14.8. The van der Waals surface area contributed by atoms with Crippen molar-refractivity contribution in [1.29, 1.82) is 0 Å². The highest BCUT2D eigenvalue weighted by molar-refractivity contribution is 5.26. The number of hydrogen-bond donors (Lipinski definition) is 2. The van der Waals surface area contributed by atoms with E-state index in [0.29, 0.717) is 0 Å². The molecule has 1 aliphatic rings. The summed E-state index contributed by atoms with van der Waals surface area (Å²) in [6.07, 6.45) is 4.64. The Labute approximate surface area is 123 Å². The third-order valence-corrected chi connectivity index (χ3v) is 5.18. The lowest BCUT2D eigenvalue weighted by atomic mass is 9.77. The quantitative estimate of drug-likeness (QED) is 0.868. The van der Waals surface area contributed by atoms with Crippen LogP contribution in [0.5, 0.6) is 0 Å². The van der Waals surface area contributed by atoms with Crippen molar-refractivity contribution in [1.82, 2.24) is 9.88 Å². The second kappa shape index (κ2) is 6.31. The molecule has 0 amide bonds. The van der Waals surface area contributed by atoms with Crippen LogP contribution < -0.4 is 5.32 Å². The van der Waals surface area contributed by atoms with E-state index >= 15 is 0 Å². The van der Waals surface area contributed by atoms with E-state index in [0.717, 1.165) is 31.8 Å². The van der Waals surface area contributed by atoms with Crippen molar-refractivity contribution in [2.45, 2.75) is 72.0 Å². The minimum absolute atomic E-state index is 0.0544. The lowest BCUT2D eigenvalue weighted by Crippen LogP contribution is -2.50. The Morgan fingerprint density at radius 2 is 2.00 bits per heavy atom. The first kappa shape index (κ1) is 15.6. The van der Waals surface area contributed by atoms with Gasteiger partial charge in [-0.1, -0.05) is 6.92 Å². The highest BCUT2D eigenvalue weighted by atomic mass is 16.3. The Balaban J connectivity index is 2.03. The molecule has 3 heteroatoms. The molecule has 2 N–H and O–H groups in total. The largest absolute Gasteiger partial charge is 0.394 e. The Bertz CT molecular complexity index is 442. The van der Waals surface area contributed by atoms with Crippen LogP contribution in [0.4, 0.5) is 0 Å². The maximum absolute atomic E-state index is 9.81. The summed E-state index contributed by atoms with van der Waals surface area (Å²) in [6, 6.07) is 2.28. The van der Waals surface area contributed by atoms with E-state index in [2.05, 4.69) is 43.6 Å². The fourth-order valence-electron chi connectivity index (χ4n) is 3.53. The van der Waals surface area contributed by atoms with E-state index in [-0.39, 0.29) is 12.1 Å². The number of aliphatic hydroxyl groups excluding tert-OH is 1. The standard InChI is InChI=1S/C17H30N2O/c1-5-19-14(3)10-16(15(19)4)11-18-17(12-20)8-6-13(2)7-9-17/h10,13,18,20H,5-9,11-12H2,1-4H3. The van der Waals surface area contributed by atoms with Crippen molar-refractivity contribution in [2.75, 3.05) is 6.61 Å². The van der Waals surface area contributed by atoms with Crippen LogP contribution in [0.2, 0.25) is 0 Å². The minimum Gasteiger partial charge on any atom is -0.394 e. The van der Waals surface area contributed by atoms with Crippen LogP contribution >= 0.6 is 0 Å². The molecule has 0 spiro atoms. The van der Waals surface area contributed by atoms with Crippen molar-refractivity contribution < 1.29 is 5.11 Å². The second-order valence-electron chi connectivity index (χ2n) is 6.62. The first-order valence-electron chi connectivity index (χ1n) is 8.03. The molecule has 1 aromatic heterocycles. The van der Waals surface area contributed by atoms with Gasteiger partial charge in [0.2, 0.25) is 0 Å². The highest BCUT2D eigenvalue weighted by Crippen LogP contribution is 2.32. The summed E-state index contributed by atoms with van der Waals surface area (Å²) in [4.78, 5) is 0. The Morgan fingerprint density at radius 3 is 2.50 bits per heavy atom. The first-order valence-corrected chi connectivity index (χ1v) is 8.03. The predicted molar refractivity (Wildman–Crippen MR) is 83.9 cm³/mol. The third kappa shape index (κ3) is 3.09. The van der Waals surface area contributed by atoms with Gasteiger partial charge in [-0.25, -0.2) is 0 Å². The van der Waals surface area contributed by atoms with Gasteiger partial charge in [-0.15, -0.1) is 0 Å². The van der Waals surface area contributed by atoms with E-state index < -0.39 is 0 Å². The average molecular weight is 278 g/mol. The Hall–Kier alpha value is -0.800. The van der Waals surface area contributed by atoms with Crippen LogP contribution in [0.3, 0.4) is 0 Å². The molecule has 0 atom stereocenters. The van der Waals surface area contributed by atoms with Gasteiger partial charge in [0, 0.05) is 30.0 Å². The van der Waals surface area contributed by atoms with Gasteiger partial charge in [0.1, 0.15) is 0 Å². The van der Waals surface area contributed by atoms with Gasteiger partial charge in [0.05, 0.1) is 6.61 Å². The molecular formula is C17H30N2O. The van der Waals surface area contributed by atoms with Crippen molar-refractivity contribution >= 4 is 0 Å². The maximum atomic E-state index is 9.81. The predicted octanol–water partition coefficient (Wildman–Crippen LogP) is 3.16. The number of aromatic nitrogens is 1. The molecule has 0 saturated heterocycles. The molecule has 114 valence electrons. The van der Waals surface area contributed by atoms with Crippen LogP contribution in [0.1, 0.15) is 56.5 Å². The van der Waals surface area contributed by atoms with Gasteiger partial charge < -0.3 is 15.0 Å². The van der Waals surface area contributed by atoms with Gasteiger partial charge in [-0.05, 0) is 64.0 Å². The van der Waals surface area contributed by atoms with Crippen molar-refractivity contribution in [3.05, 3.63) is 23.0 Å². The number of nitrogens with zero attached hydrogens (tertiary/aromatic N) is 1. The van der Waals surface area contributed by atoms with E-state index in [4.69, 9.17) is 0 Å². The summed E-state index contributed by atoms with van der Waals surface area (Å²) >= 11 is 0. The molecule has 1 saturated carbocycles. The van der Waals surface area contributed by atoms with E-state index in [9.17, 15) is 5.11 Å². The van der Waals surface area contributed by atoms with Crippen LogP contribution in [-0.4, -0.2) is 21.8 Å². The molecule has 1 heterocycles. The van der Waals surface area contributed by atoms with Gasteiger partial charge in [-0.2, -0.15) is 0 Å². The molecule has 1 aliphatic carbocycles. The zero-order valence-electron chi connectivity index (χ0n) is 13.5. The van der Waals surface area contributed by atoms with Crippen LogP contribution in [0.15, 0.2) is 6.07 Å². The number of aliphatic hydroxyl groups is 1. The van der Waals surface area contributed by atoms with Gasteiger partial charge in [-0.3, -0.25) is 0 Å². The molecule has 20 heavy (non-hydrogen) atoms. The normalized spacial score (nSPS) is 26.9. The van der Waals surface area contributed by atoms with E-state index in [1.807, 2.05) is 0 Å². The first-order chi connectivity index (χ1) is 9.51. The lowest BCUT2D eigenvalue weighted by Gasteiger charge is -2.39.